The van der Waals surface area contributed by atoms with Crippen molar-refractivity contribution in [2.75, 3.05) is 11.9 Å². The number of carbonyl (C=O) groups is 1. The molecule has 1 N–H and O–H groups in total. The topological polar surface area (TPSA) is 69.8 Å². The molecule has 6 nitrogen and oxygen atoms in total. The second kappa shape index (κ2) is 3.73. The zero-order valence-electron chi connectivity index (χ0n) is 10.4. The summed E-state index contributed by atoms with van der Waals surface area (Å²) in [6.07, 6.45) is 0.456. The van der Waals surface area contributed by atoms with Gasteiger partial charge in [0.25, 0.3) is 0 Å². The van der Waals surface area contributed by atoms with E-state index >= 15 is 0 Å². The van der Waals surface area contributed by atoms with Gasteiger partial charge in [-0.05, 0) is 5.41 Å². The maximum absolute atomic E-state index is 12.1. The van der Waals surface area contributed by atoms with Gasteiger partial charge in [-0.3, -0.25) is 0 Å². The van der Waals surface area contributed by atoms with Crippen molar-refractivity contribution in [2.45, 2.75) is 33.0 Å². The lowest BCUT2D eigenvalue weighted by atomic mass is 9.85. The molecule has 2 rings (SSSR count). The Morgan fingerprint density at radius 2 is 2.12 bits per heavy atom. The molecule has 2 amide bonds. The number of hydrogen-bond donors (Lipinski definition) is 1. The number of anilines is 1. The summed E-state index contributed by atoms with van der Waals surface area (Å²) in [5, 5.41) is 14.0. The van der Waals surface area contributed by atoms with Crippen LogP contribution in [0.5, 0.6) is 0 Å². The van der Waals surface area contributed by atoms with Gasteiger partial charge >= 0.3 is 6.03 Å². The van der Waals surface area contributed by atoms with Gasteiger partial charge in [-0.2, -0.15) is 0 Å². The van der Waals surface area contributed by atoms with Gasteiger partial charge in [-0.25, -0.2) is 9.69 Å². The van der Waals surface area contributed by atoms with Crippen LogP contribution in [0.1, 0.15) is 20.8 Å². The van der Waals surface area contributed by atoms with Gasteiger partial charge in [0.05, 0.1) is 6.04 Å². The molecule has 94 valence electrons. The zero-order valence-corrected chi connectivity index (χ0v) is 10.4. The summed E-state index contributed by atoms with van der Waals surface area (Å²) in [6, 6.07) is 0.998. The summed E-state index contributed by atoms with van der Waals surface area (Å²) in [5.74, 6) is 0.334. The van der Waals surface area contributed by atoms with Gasteiger partial charge < -0.3 is 14.5 Å². The minimum Gasteiger partial charge on any atom is -0.371 e. The lowest BCUT2D eigenvalue weighted by Crippen LogP contribution is -2.45. The van der Waals surface area contributed by atoms with E-state index in [1.54, 1.807) is 18.0 Å². The first kappa shape index (κ1) is 11.9. The molecule has 2 atom stereocenters. The SMILES string of the molecule is CN1C(=O)N(c2ccon2)C(O)C1C(C)(C)C. The minimum atomic E-state index is -0.919. The van der Waals surface area contributed by atoms with E-state index < -0.39 is 6.23 Å². The number of amides is 2. The fraction of sp³-hybridized carbons (Fsp3) is 0.636. The minimum absolute atomic E-state index is 0.220. The highest BCUT2D eigenvalue weighted by Crippen LogP contribution is 2.35. The van der Waals surface area contributed by atoms with Crippen molar-refractivity contribution in [3.05, 3.63) is 12.3 Å². The summed E-state index contributed by atoms with van der Waals surface area (Å²) in [7, 11) is 1.68. The van der Waals surface area contributed by atoms with Crippen molar-refractivity contribution >= 4 is 11.8 Å². The van der Waals surface area contributed by atoms with Gasteiger partial charge in [0.15, 0.2) is 12.0 Å². The Morgan fingerprint density at radius 1 is 1.47 bits per heavy atom. The molecule has 1 aromatic rings. The first-order valence-corrected chi connectivity index (χ1v) is 5.48. The molecule has 2 unspecified atom stereocenters. The number of aromatic nitrogens is 1. The molecule has 0 spiro atoms. The molecular weight excluding hydrogens is 222 g/mol. The Hall–Kier alpha value is -1.56. The van der Waals surface area contributed by atoms with Gasteiger partial charge in [-0.15, -0.1) is 0 Å². The van der Waals surface area contributed by atoms with Crippen LogP contribution in [0.15, 0.2) is 16.9 Å². The second-order valence-corrected chi connectivity index (χ2v) is 5.35. The van der Waals surface area contributed by atoms with Crippen LogP contribution in [-0.4, -0.2) is 40.5 Å². The van der Waals surface area contributed by atoms with Gasteiger partial charge in [-0.1, -0.05) is 25.9 Å². The van der Waals surface area contributed by atoms with E-state index in [4.69, 9.17) is 4.52 Å². The Balaban J connectivity index is 2.36. The summed E-state index contributed by atoms with van der Waals surface area (Å²) in [4.78, 5) is 14.9. The monoisotopic (exact) mass is 239 g/mol. The third kappa shape index (κ3) is 1.78. The largest absolute Gasteiger partial charge is 0.371 e. The number of urea groups is 1. The fourth-order valence-electron chi connectivity index (χ4n) is 2.34. The van der Waals surface area contributed by atoms with Gasteiger partial charge in [0.1, 0.15) is 6.26 Å². The maximum atomic E-state index is 12.1. The molecule has 0 radical (unpaired) electrons. The van der Waals surface area contributed by atoms with Crippen molar-refractivity contribution in [2.24, 2.45) is 5.41 Å². The van der Waals surface area contributed by atoms with Crippen molar-refractivity contribution in [1.29, 1.82) is 0 Å². The standard InChI is InChI=1S/C11H17N3O3/c1-11(2,3)8-9(15)14(10(16)13(8)4)7-5-6-17-12-7/h5-6,8-9,15H,1-4H3. The Bertz CT molecular complexity index is 410. The molecule has 0 bridgehead atoms. The fourth-order valence-corrected chi connectivity index (χ4v) is 2.34. The number of carbonyl (C=O) groups excluding carboxylic acids is 1. The smallest absolute Gasteiger partial charge is 0.328 e. The molecule has 0 aromatic carbocycles. The van der Waals surface area contributed by atoms with Crippen molar-refractivity contribution in [3.63, 3.8) is 0 Å². The average Bonchev–Trinajstić information content (AvgIpc) is 2.74. The molecule has 2 heterocycles. The van der Waals surface area contributed by atoms with Crippen LogP contribution in [-0.2, 0) is 0 Å². The number of nitrogens with zero attached hydrogens (tertiary/aromatic N) is 3. The van der Waals surface area contributed by atoms with E-state index in [-0.39, 0.29) is 17.5 Å². The number of aliphatic hydroxyl groups excluding tert-OH is 1. The third-order valence-corrected chi connectivity index (χ3v) is 3.03. The second-order valence-electron chi connectivity index (χ2n) is 5.35. The van der Waals surface area contributed by atoms with Crippen LogP contribution in [0.25, 0.3) is 0 Å². The molecule has 1 aliphatic rings. The predicted molar refractivity (Wildman–Crippen MR) is 61.4 cm³/mol. The van der Waals surface area contributed by atoms with Crippen molar-refractivity contribution in [3.8, 4) is 0 Å². The number of likely N-dealkylation sites (N-methyl/N-ethyl adjacent to an activating group) is 1. The molecule has 1 aliphatic heterocycles. The molecular formula is C11H17N3O3. The quantitative estimate of drug-likeness (QED) is 0.801. The first-order valence-electron chi connectivity index (χ1n) is 5.48. The molecule has 17 heavy (non-hydrogen) atoms. The summed E-state index contributed by atoms with van der Waals surface area (Å²) in [6.45, 7) is 5.95. The van der Waals surface area contributed by atoms with Crippen LogP contribution in [0, 0.1) is 5.41 Å². The zero-order chi connectivity index (χ0) is 12.8. The van der Waals surface area contributed by atoms with E-state index in [0.717, 1.165) is 0 Å². The summed E-state index contributed by atoms with van der Waals surface area (Å²) in [5.41, 5.74) is -0.220. The van der Waals surface area contributed by atoms with Crippen molar-refractivity contribution in [1.82, 2.24) is 10.1 Å². The predicted octanol–water partition coefficient (Wildman–Crippen LogP) is 1.28. The lowest BCUT2D eigenvalue weighted by molar-refractivity contribution is 0.0616. The Kier molecular flexibility index (Phi) is 2.61. The normalized spacial score (nSPS) is 25.8. The summed E-state index contributed by atoms with van der Waals surface area (Å²) >= 11 is 0. The van der Waals surface area contributed by atoms with Crippen LogP contribution in [0.2, 0.25) is 0 Å². The van der Waals surface area contributed by atoms with E-state index in [1.807, 2.05) is 20.8 Å². The molecule has 6 heteroatoms. The molecule has 0 aliphatic carbocycles. The van der Waals surface area contributed by atoms with Gasteiger partial charge in [0.2, 0.25) is 0 Å². The van der Waals surface area contributed by atoms with E-state index in [0.29, 0.717) is 5.82 Å². The Labute approximate surface area is 99.8 Å². The molecule has 1 aromatic heterocycles. The summed E-state index contributed by atoms with van der Waals surface area (Å²) < 4.78 is 4.71. The highest BCUT2D eigenvalue weighted by atomic mass is 16.5. The van der Waals surface area contributed by atoms with Crippen LogP contribution in [0.3, 0.4) is 0 Å². The highest BCUT2D eigenvalue weighted by Gasteiger charge is 2.49. The highest BCUT2D eigenvalue weighted by molar-refractivity contribution is 5.94. The maximum Gasteiger partial charge on any atom is 0.328 e. The number of aliphatic hydroxyl groups is 1. The van der Waals surface area contributed by atoms with Crippen LogP contribution < -0.4 is 4.90 Å². The lowest BCUT2D eigenvalue weighted by Gasteiger charge is -2.33. The van der Waals surface area contributed by atoms with Crippen LogP contribution >= 0.6 is 0 Å². The van der Waals surface area contributed by atoms with Crippen LogP contribution in [0.4, 0.5) is 10.6 Å². The first-order chi connectivity index (χ1) is 7.84. The molecule has 1 fully saturated rings. The average molecular weight is 239 g/mol. The number of rotatable bonds is 1. The van der Waals surface area contributed by atoms with E-state index in [1.165, 1.54) is 11.2 Å². The van der Waals surface area contributed by atoms with E-state index in [2.05, 4.69) is 5.16 Å². The van der Waals surface area contributed by atoms with Gasteiger partial charge in [0, 0.05) is 13.1 Å². The van der Waals surface area contributed by atoms with E-state index in [9.17, 15) is 9.90 Å². The third-order valence-electron chi connectivity index (χ3n) is 3.03. The Morgan fingerprint density at radius 3 is 2.53 bits per heavy atom. The molecule has 0 saturated carbocycles. The van der Waals surface area contributed by atoms with Crippen molar-refractivity contribution < 1.29 is 14.4 Å². The number of hydrogen-bond acceptors (Lipinski definition) is 4. The molecule has 1 saturated heterocycles.